The van der Waals surface area contributed by atoms with Gasteiger partial charge >= 0.3 is 5.97 Å². The Morgan fingerprint density at radius 1 is 1.22 bits per heavy atom. The van der Waals surface area contributed by atoms with Crippen molar-refractivity contribution in [3.05, 3.63) is 48.0 Å². The van der Waals surface area contributed by atoms with Gasteiger partial charge in [-0.25, -0.2) is 4.98 Å². The second-order valence-corrected chi connectivity index (χ2v) is 8.07. The van der Waals surface area contributed by atoms with Crippen LogP contribution in [0.5, 0.6) is 0 Å². The second-order valence-electron chi connectivity index (χ2n) is 7.04. The van der Waals surface area contributed by atoms with Crippen LogP contribution in [0.3, 0.4) is 0 Å². The number of esters is 1. The number of anilines is 1. The molecular weight excluding hydrogens is 360 g/mol. The highest BCUT2D eigenvalue weighted by Crippen LogP contribution is 2.38. The van der Waals surface area contributed by atoms with Gasteiger partial charge in [-0.2, -0.15) is 0 Å². The summed E-state index contributed by atoms with van der Waals surface area (Å²) in [4.78, 5) is 28.3. The largest absolute Gasteiger partial charge is 0.455 e. The number of rotatable bonds is 5. The molecule has 2 unspecified atom stereocenters. The molecular formula is C21H20N2O3S. The number of thiazole rings is 1. The lowest BCUT2D eigenvalue weighted by Crippen LogP contribution is -2.21. The van der Waals surface area contributed by atoms with E-state index in [1.807, 2.05) is 37.3 Å². The topological polar surface area (TPSA) is 68.3 Å². The average molecular weight is 380 g/mol. The van der Waals surface area contributed by atoms with Crippen molar-refractivity contribution in [2.24, 2.45) is 11.8 Å². The maximum absolute atomic E-state index is 11.9. The van der Waals surface area contributed by atoms with Crippen molar-refractivity contribution in [2.45, 2.75) is 20.3 Å². The molecule has 0 radical (unpaired) electrons. The molecule has 1 aromatic heterocycles. The fourth-order valence-electron chi connectivity index (χ4n) is 2.94. The number of benzene rings is 2. The van der Waals surface area contributed by atoms with Gasteiger partial charge in [0, 0.05) is 11.3 Å². The van der Waals surface area contributed by atoms with Crippen LogP contribution in [0.25, 0.3) is 20.8 Å². The van der Waals surface area contributed by atoms with Crippen molar-refractivity contribution in [3.8, 4) is 10.6 Å². The number of ether oxygens (including phenoxy) is 1. The van der Waals surface area contributed by atoms with E-state index in [2.05, 4.69) is 29.4 Å². The van der Waals surface area contributed by atoms with E-state index < -0.39 is 0 Å². The molecule has 1 amide bonds. The summed E-state index contributed by atoms with van der Waals surface area (Å²) in [6, 6.07) is 13.7. The summed E-state index contributed by atoms with van der Waals surface area (Å²) in [5.74, 6) is -0.270. The van der Waals surface area contributed by atoms with Gasteiger partial charge in [0.1, 0.15) is 5.01 Å². The summed E-state index contributed by atoms with van der Waals surface area (Å²) in [5.41, 5.74) is 3.87. The summed E-state index contributed by atoms with van der Waals surface area (Å²) in [6.07, 6.45) is 0.854. The predicted molar refractivity (Wildman–Crippen MR) is 107 cm³/mol. The standard InChI is InChI=1S/C21H20N2O3S/c1-12-3-8-17-18(9-12)27-20(23-17)14-4-6-15(7-5-14)22-19(24)11-26-21(25)16-10-13(16)2/h3-9,13,16H,10-11H2,1-2H3,(H,22,24). The minimum absolute atomic E-state index is 0.0327. The summed E-state index contributed by atoms with van der Waals surface area (Å²) in [6.45, 7) is 3.82. The van der Waals surface area contributed by atoms with E-state index >= 15 is 0 Å². The molecule has 1 heterocycles. The first-order valence-electron chi connectivity index (χ1n) is 8.94. The number of fused-ring (bicyclic) bond motifs is 1. The minimum atomic E-state index is -0.333. The van der Waals surface area contributed by atoms with Crippen molar-refractivity contribution in [1.82, 2.24) is 4.98 Å². The Morgan fingerprint density at radius 3 is 2.67 bits per heavy atom. The van der Waals surface area contributed by atoms with Gasteiger partial charge in [0.25, 0.3) is 5.91 Å². The molecule has 0 bridgehead atoms. The van der Waals surface area contributed by atoms with E-state index in [9.17, 15) is 9.59 Å². The van der Waals surface area contributed by atoms with Gasteiger partial charge < -0.3 is 10.1 Å². The number of aryl methyl sites for hydroxylation is 1. The average Bonchev–Trinajstić information content (AvgIpc) is 3.23. The fraction of sp³-hybridized carbons (Fsp3) is 0.286. The van der Waals surface area contributed by atoms with Crippen LogP contribution in [0, 0.1) is 18.8 Å². The van der Waals surface area contributed by atoms with Gasteiger partial charge in [-0.1, -0.05) is 13.0 Å². The van der Waals surface area contributed by atoms with Crippen LogP contribution in [0.2, 0.25) is 0 Å². The minimum Gasteiger partial charge on any atom is -0.455 e. The molecule has 3 aromatic rings. The normalized spacial score (nSPS) is 18.3. The summed E-state index contributed by atoms with van der Waals surface area (Å²) in [5, 5.41) is 3.69. The molecule has 2 atom stereocenters. The van der Waals surface area contributed by atoms with Gasteiger partial charge in [-0.15, -0.1) is 11.3 Å². The zero-order valence-electron chi connectivity index (χ0n) is 15.2. The van der Waals surface area contributed by atoms with Crippen molar-refractivity contribution < 1.29 is 14.3 Å². The molecule has 4 rings (SSSR count). The van der Waals surface area contributed by atoms with E-state index in [-0.39, 0.29) is 24.4 Å². The highest BCUT2D eigenvalue weighted by Gasteiger charge is 2.40. The van der Waals surface area contributed by atoms with Crippen molar-refractivity contribution in [1.29, 1.82) is 0 Å². The molecule has 6 heteroatoms. The second kappa shape index (κ2) is 7.12. The van der Waals surface area contributed by atoms with Gasteiger partial charge in [-0.3, -0.25) is 9.59 Å². The number of hydrogen-bond acceptors (Lipinski definition) is 5. The molecule has 0 spiro atoms. The van der Waals surface area contributed by atoms with Crippen molar-refractivity contribution >= 4 is 39.1 Å². The number of nitrogens with zero attached hydrogens (tertiary/aromatic N) is 1. The number of nitrogens with one attached hydrogen (secondary N) is 1. The van der Waals surface area contributed by atoms with Gasteiger partial charge in [0.2, 0.25) is 0 Å². The van der Waals surface area contributed by atoms with Gasteiger partial charge in [-0.05, 0) is 61.2 Å². The van der Waals surface area contributed by atoms with Crippen LogP contribution in [-0.2, 0) is 14.3 Å². The lowest BCUT2D eigenvalue weighted by molar-refractivity contribution is -0.148. The van der Waals surface area contributed by atoms with Crippen LogP contribution in [0.1, 0.15) is 18.9 Å². The molecule has 1 N–H and O–H groups in total. The maximum Gasteiger partial charge on any atom is 0.309 e. The van der Waals surface area contributed by atoms with E-state index in [1.54, 1.807) is 11.3 Å². The van der Waals surface area contributed by atoms with E-state index in [4.69, 9.17) is 4.74 Å². The van der Waals surface area contributed by atoms with E-state index in [0.29, 0.717) is 11.6 Å². The van der Waals surface area contributed by atoms with Crippen molar-refractivity contribution in [2.75, 3.05) is 11.9 Å². The Hall–Kier alpha value is -2.73. The first-order chi connectivity index (χ1) is 13.0. The Bertz CT molecular complexity index is 1010. The third kappa shape index (κ3) is 4.01. The van der Waals surface area contributed by atoms with E-state index in [0.717, 1.165) is 27.2 Å². The summed E-state index contributed by atoms with van der Waals surface area (Å²) >= 11 is 1.65. The monoisotopic (exact) mass is 380 g/mol. The zero-order valence-corrected chi connectivity index (χ0v) is 16.0. The SMILES string of the molecule is Cc1ccc2nc(-c3ccc(NC(=O)COC(=O)C4CC4C)cc3)sc2c1. The van der Waals surface area contributed by atoms with Crippen LogP contribution < -0.4 is 5.32 Å². The number of amides is 1. The van der Waals surface area contributed by atoms with E-state index in [1.165, 1.54) is 5.56 Å². The third-order valence-electron chi connectivity index (χ3n) is 4.72. The molecule has 5 nitrogen and oxygen atoms in total. The number of carbonyl (C=O) groups is 2. The van der Waals surface area contributed by atoms with Crippen LogP contribution in [-0.4, -0.2) is 23.5 Å². The Labute approximate surface area is 161 Å². The fourth-order valence-corrected chi connectivity index (χ4v) is 4.01. The van der Waals surface area contributed by atoms with Crippen LogP contribution in [0.15, 0.2) is 42.5 Å². The quantitative estimate of drug-likeness (QED) is 0.666. The smallest absolute Gasteiger partial charge is 0.309 e. The lowest BCUT2D eigenvalue weighted by Gasteiger charge is -2.07. The molecule has 1 fully saturated rings. The Kier molecular flexibility index (Phi) is 4.66. The molecule has 0 aliphatic heterocycles. The molecule has 1 saturated carbocycles. The highest BCUT2D eigenvalue weighted by molar-refractivity contribution is 7.21. The number of carbonyl (C=O) groups excluding carboxylic acids is 2. The molecule has 1 aliphatic carbocycles. The number of hydrogen-bond donors (Lipinski definition) is 1. The first kappa shape index (κ1) is 17.7. The molecule has 0 saturated heterocycles. The summed E-state index contributed by atoms with van der Waals surface area (Å²) in [7, 11) is 0. The van der Waals surface area contributed by atoms with Crippen molar-refractivity contribution in [3.63, 3.8) is 0 Å². The van der Waals surface area contributed by atoms with Gasteiger partial charge in [0.05, 0.1) is 16.1 Å². The Balaban J connectivity index is 1.37. The summed E-state index contributed by atoms with van der Waals surface area (Å²) < 4.78 is 6.21. The molecule has 1 aliphatic rings. The molecule has 27 heavy (non-hydrogen) atoms. The highest BCUT2D eigenvalue weighted by atomic mass is 32.1. The molecule has 138 valence electrons. The predicted octanol–water partition coefficient (Wildman–Crippen LogP) is 4.41. The first-order valence-corrected chi connectivity index (χ1v) is 9.75. The Morgan fingerprint density at radius 2 is 1.96 bits per heavy atom. The molecule has 2 aromatic carbocycles. The van der Waals surface area contributed by atoms with Gasteiger partial charge in [0.15, 0.2) is 6.61 Å². The number of aromatic nitrogens is 1. The van der Waals surface area contributed by atoms with Crippen LogP contribution >= 0.6 is 11.3 Å². The zero-order chi connectivity index (χ0) is 19.0. The maximum atomic E-state index is 11.9. The lowest BCUT2D eigenvalue weighted by atomic mass is 10.2. The van der Waals surface area contributed by atoms with Crippen LogP contribution in [0.4, 0.5) is 5.69 Å². The third-order valence-corrected chi connectivity index (χ3v) is 5.78.